The van der Waals surface area contributed by atoms with E-state index in [1.165, 1.54) is 0 Å². The molecule has 1 amide bonds. The first-order chi connectivity index (χ1) is 11.0. The number of nitrogens with one attached hydrogen (secondary N) is 2. The quantitative estimate of drug-likeness (QED) is 0.381. The molecule has 1 aromatic carbocycles. The summed E-state index contributed by atoms with van der Waals surface area (Å²) in [6, 6.07) is 6.03. The van der Waals surface area contributed by atoms with Gasteiger partial charge in [-0.3, -0.25) is 4.79 Å². The average Bonchev–Trinajstić information content (AvgIpc) is 2.53. The second-order valence-electron chi connectivity index (χ2n) is 5.59. The van der Waals surface area contributed by atoms with Gasteiger partial charge in [-0.05, 0) is 36.6 Å². The summed E-state index contributed by atoms with van der Waals surface area (Å²) in [5, 5.41) is 6.28. The highest BCUT2D eigenvalue weighted by atomic mass is 127. The van der Waals surface area contributed by atoms with E-state index in [9.17, 15) is 4.79 Å². The van der Waals surface area contributed by atoms with Gasteiger partial charge in [-0.25, -0.2) is 4.99 Å². The van der Waals surface area contributed by atoms with Crippen molar-refractivity contribution in [3.8, 4) is 5.75 Å². The summed E-state index contributed by atoms with van der Waals surface area (Å²) >= 11 is 0. The van der Waals surface area contributed by atoms with Crippen LogP contribution in [0.1, 0.15) is 24.5 Å². The number of aliphatic imine (C=N–C) groups is 1. The molecular weight excluding hydrogens is 419 g/mol. The Labute approximate surface area is 162 Å². The van der Waals surface area contributed by atoms with Crippen molar-refractivity contribution in [3.63, 3.8) is 0 Å². The number of hydrogen-bond acceptors (Lipinski definition) is 3. The molecule has 6 nitrogen and oxygen atoms in total. The molecule has 0 aliphatic rings. The molecule has 0 saturated carbocycles. The third-order valence-corrected chi connectivity index (χ3v) is 3.21. The van der Waals surface area contributed by atoms with Crippen molar-refractivity contribution in [2.45, 2.75) is 26.8 Å². The normalized spacial score (nSPS) is 10.6. The summed E-state index contributed by atoms with van der Waals surface area (Å²) in [7, 11) is 5.13. The van der Waals surface area contributed by atoms with Crippen molar-refractivity contribution in [2.24, 2.45) is 4.99 Å². The van der Waals surface area contributed by atoms with E-state index in [4.69, 9.17) is 4.74 Å². The molecule has 0 bridgehead atoms. The monoisotopic (exact) mass is 448 g/mol. The second-order valence-corrected chi connectivity index (χ2v) is 5.59. The number of hydrogen-bond donors (Lipinski definition) is 2. The third-order valence-electron chi connectivity index (χ3n) is 3.21. The minimum atomic E-state index is 0. The highest BCUT2D eigenvalue weighted by Crippen LogP contribution is 2.16. The zero-order valence-corrected chi connectivity index (χ0v) is 17.5. The van der Waals surface area contributed by atoms with Crippen LogP contribution in [0.25, 0.3) is 0 Å². The maximum Gasteiger partial charge on any atom is 0.241 e. The third kappa shape index (κ3) is 8.37. The van der Waals surface area contributed by atoms with Crippen LogP contribution in [-0.4, -0.2) is 51.1 Å². The fourth-order valence-corrected chi connectivity index (χ4v) is 1.94. The van der Waals surface area contributed by atoms with Crippen LogP contribution in [0.3, 0.4) is 0 Å². The van der Waals surface area contributed by atoms with Gasteiger partial charge in [0.05, 0.1) is 20.2 Å². The first kappa shape index (κ1) is 22.5. The lowest BCUT2D eigenvalue weighted by Crippen LogP contribution is -2.43. The molecule has 0 spiro atoms. The number of carbonyl (C=O) groups excluding carboxylic acids is 1. The van der Waals surface area contributed by atoms with Gasteiger partial charge in [-0.2, -0.15) is 0 Å². The Hall–Kier alpha value is -1.51. The Morgan fingerprint density at radius 1 is 1.25 bits per heavy atom. The number of ether oxygens (including phenoxy) is 1. The van der Waals surface area contributed by atoms with E-state index in [-0.39, 0.29) is 36.4 Å². The first-order valence-corrected chi connectivity index (χ1v) is 7.83. The van der Waals surface area contributed by atoms with Crippen LogP contribution in [0.15, 0.2) is 23.2 Å². The molecule has 1 aromatic rings. The van der Waals surface area contributed by atoms with Gasteiger partial charge in [0.2, 0.25) is 5.91 Å². The largest absolute Gasteiger partial charge is 0.497 e. The van der Waals surface area contributed by atoms with E-state index in [1.807, 2.05) is 19.1 Å². The van der Waals surface area contributed by atoms with Crippen molar-refractivity contribution >= 4 is 35.8 Å². The summed E-state index contributed by atoms with van der Waals surface area (Å²) in [4.78, 5) is 17.8. The number of nitrogens with zero attached hydrogens (tertiary/aromatic N) is 2. The smallest absolute Gasteiger partial charge is 0.241 e. The molecule has 0 radical (unpaired) electrons. The summed E-state index contributed by atoms with van der Waals surface area (Å²) in [6.07, 6.45) is 0.987. The van der Waals surface area contributed by atoms with Gasteiger partial charge in [-0.1, -0.05) is 13.0 Å². The lowest BCUT2D eigenvalue weighted by molar-refractivity contribution is -0.127. The molecule has 0 saturated heterocycles. The molecule has 0 aliphatic carbocycles. The fraction of sp³-hybridized carbons (Fsp3) is 0.529. The average molecular weight is 448 g/mol. The van der Waals surface area contributed by atoms with Crippen LogP contribution in [0.5, 0.6) is 5.75 Å². The molecule has 0 aliphatic heterocycles. The Kier molecular flexibility index (Phi) is 11.2. The Bertz CT molecular complexity index is 547. The molecule has 136 valence electrons. The minimum Gasteiger partial charge on any atom is -0.497 e. The number of benzene rings is 1. The maximum atomic E-state index is 11.7. The number of amides is 1. The second kappa shape index (κ2) is 11.9. The van der Waals surface area contributed by atoms with Crippen LogP contribution >= 0.6 is 24.0 Å². The van der Waals surface area contributed by atoms with Gasteiger partial charge in [0, 0.05) is 20.6 Å². The van der Waals surface area contributed by atoms with Crippen molar-refractivity contribution in [1.29, 1.82) is 0 Å². The predicted molar refractivity (Wildman–Crippen MR) is 109 cm³/mol. The molecule has 7 heteroatoms. The highest BCUT2D eigenvalue weighted by Gasteiger charge is 2.06. The zero-order valence-electron chi connectivity index (χ0n) is 15.2. The first-order valence-electron chi connectivity index (χ1n) is 7.83. The van der Waals surface area contributed by atoms with Crippen molar-refractivity contribution in [3.05, 3.63) is 29.3 Å². The molecule has 0 heterocycles. The molecular formula is C17H29IN4O2. The van der Waals surface area contributed by atoms with Crippen molar-refractivity contribution in [2.75, 3.05) is 34.3 Å². The Morgan fingerprint density at radius 2 is 1.96 bits per heavy atom. The van der Waals surface area contributed by atoms with Gasteiger partial charge in [0.25, 0.3) is 0 Å². The number of likely N-dealkylation sites (N-methyl/N-ethyl adjacent to an activating group) is 1. The zero-order chi connectivity index (χ0) is 17.2. The van der Waals surface area contributed by atoms with Gasteiger partial charge >= 0.3 is 0 Å². The van der Waals surface area contributed by atoms with E-state index in [2.05, 4.69) is 28.6 Å². The Morgan fingerprint density at radius 3 is 2.54 bits per heavy atom. The number of aryl methyl sites for hydroxylation is 1. The molecule has 0 aromatic heterocycles. The molecule has 0 fully saturated rings. The van der Waals surface area contributed by atoms with Crippen LogP contribution in [0.2, 0.25) is 0 Å². The van der Waals surface area contributed by atoms with Gasteiger partial charge < -0.3 is 20.3 Å². The van der Waals surface area contributed by atoms with E-state index < -0.39 is 0 Å². The van der Waals surface area contributed by atoms with E-state index in [0.717, 1.165) is 29.8 Å². The van der Waals surface area contributed by atoms with E-state index in [1.54, 1.807) is 26.1 Å². The number of guanidine groups is 1. The van der Waals surface area contributed by atoms with Crippen LogP contribution in [0.4, 0.5) is 0 Å². The Balaban J connectivity index is 0.00000529. The summed E-state index contributed by atoms with van der Waals surface area (Å²) in [6.45, 7) is 5.66. The predicted octanol–water partition coefficient (Wildman–Crippen LogP) is 2.16. The molecule has 1 rings (SSSR count). The standard InChI is InChI=1S/C17H28N4O2.HI/c1-6-7-18-17(20-12-16(22)21(3)4)19-11-14-8-13(2)9-15(10-14)23-5;/h8-10H,6-7,11-12H2,1-5H3,(H2,18,19,20);1H. The van der Waals surface area contributed by atoms with Crippen LogP contribution in [0, 0.1) is 6.92 Å². The summed E-state index contributed by atoms with van der Waals surface area (Å²) < 4.78 is 5.28. The van der Waals surface area contributed by atoms with E-state index in [0.29, 0.717) is 12.5 Å². The number of halogens is 1. The molecule has 24 heavy (non-hydrogen) atoms. The number of carbonyl (C=O) groups is 1. The van der Waals surface area contributed by atoms with Crippen molar-refractivity contribution in [1.82, 2.24) is 15.5 Å². The van der Waals surface area contributed by atoms with Crippen molar-refractivity contribution < 1.29 is 9.53 Å². The SMILES string of the molecule is CCCNC(=NCc1cc(C)cc(OC)c1)NCC(=O)N(C)C.I. The van der Waals surface area contributed by atoms with Gasteiger partial charge in [0.15, 0.2) is 5.96 Å². The number of methoxy groups -OCH3 is 1. The highest BCUT2D eigenvalue weighted by molar-refractivity contribution is 14.0. The summed E-state index contributed by atoms with van der Waals surface area (Å²) in [5.41, 5.74) is 2.20. The maximum absolute atomic E-state index is 11.7. The van der Waals surface area contributed by atoms with Gasteiger partial charge in [-0.15, -0.1) is 24.0 Å². The van der Waals surface area contributed by atoms with Gasteiger partial charge in [0.1, 0.15) is 5.75 Å². The minimum absolute atomic E-state index is 0. The lowest BCUT2D eigenvalue weighted by Gasteiger charge is -2.14. The lowest BCUT2D eigenvalue weighted by atomic mass is 10.1. The fourth-order valence-electron chi connectivity index (χ4n) is 1.94. The number of rotatable bonds is 7. The summed E-state index contributed by atoms with van der Waals surface area (Å²) in [5.74, 6) is 1.48. The topological polar surface area (TPSA) is 66.0 Å². The molecule has 2 N–H and O–H groups in total. The van der Waals surface area contributed by atoms with Crippen LogP contribution < -0.4 is 15.4 Å². The molecule has 0 unspecified atom stereocenters. The van der Waals surface area contributed by atoms with Crippen LogP contribution in [-0.2, 0) is 11.3 Å². The molecule has 0 atom stereocenters. The van der Waals surface area contributed by atoms with E-state index >= 15 is 0 Å².